The molecule has 1 rings (SSSR count). The zero-order chi connectivity index (χ0) is 9.68. The Hall–Kier alpha value is -0.120. The van der Waals surface area contributed by atoms with Gasteiger partial charge in [-0.1, -0.05) is 6.42 Å². The molecular formula is C10H22N2O. The van der Waals surface area contributed by atoms with Crippen molar-refractivity contribution >= 4 is 0 Å². The number of nitrogens with two attached hydrogens (primary N) is 1. The number of nitrogens with one attached hydrogen (secondary N) is 1. The van der Waals surface area contributed by atoms with E-state index in [1.165, 1.54) is 19.3 Å². The molecule has 3 atom stereocenters. The fraction of sp³-hybridized carbons (Fsp3) is 1.00. The first kappa shape index (κ1) is 11.0. The predicted octanol–water partition coefficient (Wildman–Crippen LogP) is 0.617. The van der Waals surface area contributed by atoms with Crippen LogP contribution in [0, 0.1) is 0 Å². The minimum Gasteiger partial charge on any atom is -0.395 e. The number of rotatable bonds is 5. The molecule has 0 aromatic carbocycles. The Kier molecular flexibility index (Phi) is 4.70. The third kappa shape index (κ3) is 4.07. The molecule has 1 heterocycles. The number of hydrogen-bond donors (Lipinski definition) is 3. The molecular weight excluding hydrogens is 164 g/mol. The Morgan fingerprint density at radius 3 is 2.69 bits per heavy atom. The van der Waals surface area contributed by atoms with E-state index in [1.807, 2.05) is 0 Å². The van der Waals surface area contributed by atoms with E-state index in [4.69, 9.17) is 10.8 Å². The minimum absolute atomic E-state index is 0.282. The molecule has 1 unspecified atom stereocenters. The van der Waals surface area contributed by atoms with Crippen molar-refractivity contribution < 1.29 is 5.11 Å². The Balaban J connectivity index is 2.03. The summed E-state index contributed by atoms with van der Waals surface area (Å²) in [5.74, 6) is 0. The average molecular weight is 186 g/mol. The summed E-state index contributed by atoms with van der Waals surface area (Å²) in [6.07, 6.45) is 5.86. The maximum atomic E-state index is 8.91. The SMILES string of the molecule is CC(N)CCC[C@H]1CC[C@@H](CO)N1. The fourth-order valence-corrected chi connectivity index (χ4v) is 1.96. The summed E-state index contributed by atoms with van der Waals surface area (Å²) in [6.45, 7) is 2.34. The Bertz CT molecular complexity index is 139. The zero-order valence-electron chi connectivity index (χ0n) is 8.50. The predicted molar refractivity (Wildman–Crippen MR) is 54.5 cm³/mol. The van der Waals surface area contributed by atoms with E-state index in [0.29, 0.717) is 18.1 Å². The molecule has 0 saturated carbocycles. The molecule has 1 saturated heterocycles. The second kappa shape index (κ2) is 5.58. The third-order valence-corrected chi connectivity index (χ3v) is 2.77. The zero-order valence-corrected chi connectivity index (χ0v) is 8.50. The minimum atomic E-state index is 0.282. The molecule has 4 N–H and O–H groups in total. The van der Waals surface area contributed by atoms with Gasteiger partial charge >= 0.3 is 0 Å². The van der Waals surface area contributed by atoms with Crippen LogP contribution in [0.25, 0.3) is 0 Å². The highest BCUT2D eigenvalue weighted by molar-refractivity contribution is 4.82. The lowest BCUT2D eigenvalue weighted by Gasteiger charge is -2.13. The van der Waals surface area contributed by atoms with Crippen LogP contribution in [0.1, 0.15) is 39.0 Å². The molecule has 0 amide bonds. The van der Waals surface area contributed by atoms with Crippen LogP contribution >= 0.6 is 0 Å². The van der Waals surface area contributed by atoms with Gasteiger partial charge in [0.05, 0.1) is 6.61 Å². The van der Waals surface area contributed by atoms with Crippen molar-refractivity contribution in [3.8, 4) is 0 Å². The molecule has 1 aliphatic rings. The van der Waals surface area contributed by atoms with E-state index in [9.17, 15) is 0 Å². The van der Waals surface area contributed by atoms with Crippen LogP contribution in [0.15, 0.2) is 0 Å². The van der Waals surface area contributed by atoms with Crippen LogP contribution < -0.4 is 11.1 Å². The smallest absolute Gasteiger partial charge is 0.0584 e. The van der Waals surface area contributed by atoms with Gasteiger partial charge in [0.25, 0.3) is 0 Å². The number of hydrogen-bond acceptors (Lipinski definition) is 3. The second-order valence-electron chi connectivity index (χ2n) is 4.23. The Morgan fingerprint density at radius 1 is 1.46 bits per heavy atom. The van der Waals surface area contributed by atoms with E-state index in [2.05, 4.69) is 12.2 Å². The van der Waals surface area contributed by atoms with Crippen molar-refractivity contribution in [2.75, 3.05) is 6.61 Å². The van der Waals surface area contributed by atoms with Crippen LogP contribution in [0.2, 0.25) is 0 Å². The summed E-state index contributed by atoms with van der Waals surface area (Å²) >= 11 is 0. The van der Waals surface area contributed by atoms with Crippen molar-refractivity contribution in [1.29, 1.82) is 0 Å². The Morgan fingerprint density at radius 2 is 2.15 bits per heavy atom. The van der Waals surface area contributed by atoms with Gasteiger partial charge in [-0.05, 0) is 32.6 Å². The van der Waals surface area contributed by atoms with Gasteiger partial charge in [0.1, 0.15) is 0 Å². The number of aliphatic hydroxyl groups excluding tert-OH is 1. The highest BCUT2D eigenvalue weighted by Gasteiger charge is 2.21. The quantitative estimate of drug-likeness (QED) is 0.590. The lowest BCUT2D eigenvalue weighted by molar-refractivity contribution is 0.250. The van der Waals surface area contributed by atoms with Crippen LogP contribution in [0.5, 0.6) is 0 Å². The maximum Gasteiger partial charge on any atom is 0.0584 e. The van der Waals surface area contributed by atoms with Gasteiger partial charge in [-0.2, -0.15) is 0 Å². The van der Waals surface area contributed by atoms with E-state index in [1.54, 1.807) is 0 Å². The lowest BCUT2D eigenvalue weighted by Crippen LogP contribution is -2.31. The molecule has 0 radical (unpaired) electrons. The summed E-state index contributed by atoms with van der Waals surface area (Å²) in [6, 6.07) is 1.30. The molecule has 0 bridgehead atoms. The standard InChI is InChI=1S/C10H22N2O/c1-8(11)3-2-4-9-5-6-10(7-13)12-9/h8-10,12-13H,2-7,11H2,1H3/t8?,9-,10-/m0/s1. The number of aliphatic hydroxyl groups is 1. The Labute approximate surface area is 80.7 Å². The van der Waals surface area contributed by atoms with Crippen molar-refractivity contribution in [2.45, 2.75) is 57.2 Å². The summed E-state index contributed by atoms with van der Waals surface area (Å²) in [5.41, 5.74) is 5.67. The summed E-state index contributed by atoms with van der Waals surface area (Å²) < 4.78 is 0. The molecule has 0 spiro atoms. The molecule has 0 aliphatic carbocycles. The van der Waals surface area contributed by atoms with Crippen molar-refractivity contribution in [3.63, 3.8) is 0 Å². The first-order valence-corrected chi connectivity index (χ1v) is 5.35. The normalized spacial score (nSPS) is 30.7. The first-order valence-electron chi connectivity index (χ1n) is 5.35. The summed E-state index contributed by atoms with van der Waals surface area (Å²) in [7, 11) is 0. The van der Waals surface area contributed by atoms with Crippen LogP contribution in [-0.2, 0) is 0 Å². The highest BCUT2D eigenvalue weighted by Crippen LogP contribution is 2.16. The van der Waals surface area contributed by atoms with Gasteiger partial charge in [-0.25, -0.2) is 0 Å². The van der Waals surface area contributed by atoms with Gasteiger partial charge in [0.2, 0.25) is 0 Å². The van der Waals surface area contributed by atoms with E-state index >= 15 is 0 Å². The van der Waals surface area contributed by atoms with Crippen molar-refractivity contribution in [2.24, 2.45) is 5.73 Å². The van der Waals surface area contributed by atoms with Crippen LogP contribution in [0.4, 0.5) is 0 Å². The summed E-state index contributed by atoms with van der Waals surface area (Å²) in [5, 5.41) is 12.3. The molecule has 0 aromatic heterocycles. The largest absolute Gasteiger partial charge is 0.395 e. The van der Waals surface area contributed by atoms with Gasteiger partial charge in [0, 0.05) is 18.1 Å². The molecule has 78 valence electrons. The van der Waals surface area contributed by atoms with Gasteiger partial charge in [0.15, 0.2) is 0 Å². The van der Waals surface area contributed by atoms with E-state index in [-0.39, 0.29) is 6.61 Å². The monoisotopic (exact) mass is 186 g/mol. The molecule has 1 aliphatic heterocycles. The molecule has 3 heteroatoms. The van der Waals surface area contributed by atoms with Crippen molar-refractivity contribution in [3.05, 3.63) is 0 Å². The molecule has 3 nitrogen and oxygen atoms in total. The highest BCUT2D eigenvalue weighted by atomic mass is 16.3. The average Bonchev–Trinajstić information content (AvgIpc) is 2.52. The van der Waals surface area contributed by atoms with Crippen molar-refractivity contribution in [1.82, 2.24) is 5.32 Å². The second-order valence-corrected chi connectivity index (χ2v) is 4.23. The van der Waals surface area contributed by atoms with Gasteiger partial charge in [-0.3, -0.25) is 0 Å². The van der Waals surface area contributed by atoms with Gasteiger partial charge < -0.3 is 16.2 Å². The summed E-state index contributed by atoms with van der Waals surface area (Å²) in [4.78, 5) is 0. The lowest BCUT2D eigenvalue weighted by atomic mass is 10.1. The van der Waals surface area contributed by atoms with E-state index < -0.39 is 0 Å². The fourth-order valence-electron chi connectivity index (χ4n) is 1.96. The topological polar surface area (TPSA) is 58.3 Å². The third-order valence-electron chi connectivity index (χ3n) is 2.77. The van der Waals surface area contributed by atoms with Crippen LogP contribution in [0.3, 0.4) is 0 Å². The molecule has 1 fully saturated rings. The molecule has 13 heavy (non-hydrogen) atoms. The van der Waals surface area contributed by atoms with Gasteiger partial charge in [-0.15, -0.1) is 0 Å². The maximum absolute atomic E-state index is 8.91. The molecule has 0 aromatic rings. The van der Waals surface area contributed by atoms with Crippen LogP contribution in [-0.4, -0.2) is 29.8 Å². The van der Waals surface area contributed by atoms with E-state index in [0.717, 1.165) is 12.8 Å². The first-order chi connectivity index (χ1) is 6.22.